The minimum Gasteiger partial charge on any atom is -0.481 e. The van der Waals surface area contributed by atoms with E-state index in [1.54, 1.807) is 17.9 Å². The normalized spacial score (nSPS) is 10.7. The lowest BCUT2D eigenvalue weighted by molar-refractivity contribution is -0.133. The fraction of sp³-hybridized carbons (Fsp3) is 0.333. The predicted octanol–water partition coefficient (Wildman–Crippen LogP) is 0.392. The van der Waals surface area contributed by atoms with Crippen molar-refractivity contribution in [2.24, 2.45) is 14.1 Å². The van der Waals surface area contributed by atoms with Gasteiger partial charge in [-0.3, -0.25) is 4.79 Å². The lowest BCUT2D eigenvalue weighted by Gasteiger charge is -1.99. The molecule has 0 atom stereocenters. The second-order valence-electron chi connectivity index (χ2n) is 3.47. The molecule has 17 heavy (non-hydrogen) atoms. The molecule has 0 aliphatic carbocycles. The zero-order valence-electron chi connectivity index (χ0n) is 9.36. The van der Waals surface area contributed by atoms with Crippen LogP contribution in [0.25, 0.3) is 11.5 Å². The summed E-state index contributed by atoms with van der Waals surface area (Å²) >= 11 is 1.13. The molecule has 0 fully saturated rings. The van der Waals surface area contributed by atoms with Gasteiger partial charge >= 0.3 is 5.97 Å². The van der Waals surface area contributed by atoms with Crippen molar-refractivity contribution < 1.29 is 9.90 Å². The van der Waals surface area contributed by atoms with Crippen molar-refractivity contribution in [3.63, 3.8) is 0 Å². The summed E-state index contributed by atoms with van der Waals surface area (Å²) in [5, 5.41) is 17.1. The number of aliphatic carboxylic acids is 1. The van der Waals surface area contributed by atoms with Gasteiger partial charge in [0.1, 0.15) is 5.69 Å². The minimum atomic E-state index is -0.877. The number of carbonyl (C=O) groups is 1. The van der Waals surface area contributed by atoms with Gasteiger partial charge < -0.3 is 14.2 Å². The summed E-state index contributed by atoms with van der Waals surface area (Å²) in [6.45, 7) is 0. The first-order valence-electron chi connectivity index (χ1n) is 4.80. The van der Waals surface area contributed by atoms with Crippen LogP contribution in [0.2, 0.25) is 0 Å². The summed E-state index contributed by atoms with van der Waals surface area (Å²) < 4.78 is 3.55. The molecule has 0 aliphatic rings. The Morgan fingerprint density at radius 2 is 2.24 bits per heavy atom. The van der Waals surface area contributed by atoms with Crippen LogP contribution in [-0.2, 0) is 18.9 Å². The summed E-state index contributed by atoms with van der Waals surface area (Å²) in [5.41, 5.74) is 0.713. The molecule has 0 saturated carbocycles. The van der Waals surface area contributed by atoms with Gasteiger partial charge in [0.2, 0.25) is 0 Å². The molecule has 0 spiro atoms. The molecule has 0 radical (unpaired) electrons. The van der Waals surface area contributed by atoms with Crippen LogP contribution in [0.5, 0.6) is 0 Å². The van der Waals surface area contributed by atoms with Crippen molar-refractivity contribution in [3.05, 3.63) is 12.5 Å². The molecule has 7 nitrogen and oxygen atoms in total. The number of carboxylic acid groups (broad SMARTS) is 1. The SMILES string of the molecule is Cn1cnc(-c2nnc(SCC(=O)O)n2C)c1. The molecule has 2 aromatic rings. The van der Waals surface area contributed by atoms with Gasteiger partial charge in [0.05, 0.1) is 12.1 Å². The molecule has 0 amide bonds. The third-order valence-corrected chi connectivity index (χ3v) is 3.10. The van der Waals surface area contributed by atoms with Crippen LogP contribution in [0.1, 0.15) is 0 Å². The third-order valence-electron chi connectivity index (χ3n) is 2.09. The number of thioether (sulfide) groups is 1. The second-order valence-corrected chi connectivity index (χ2v) is 4.41. The number of hydrogen-bond acceptors (Lipinski definition) is 5. The number of nitrogens with zero attached hydrogens (tertiary/aromatic N) is 5. The molecule has 2 rings (SSSR count). The molecule has 0 saturated heterocycles. The van der Waals surface area contributed by atoms with Crippen LogP contribution in [0.15, 0.2) is 17.7 Å². The monoisotopic (exact) mass is 253 g/mol. The van der Waals surface area contributed by atoms with Crippen molar-refractivity contribution >= 4 is 17.7 Å². The summed E-state index contributed by atoms with van der Waals surface area (Å²) in [6.07, 6.45) is 3.50. The lowest BCUT2D eigenvalue weighted by atomic mass is 10.4. The van der Waals surface area contributed by atoms with Gasteiger partial charge in [-0.15, -0.1) is 10.2 Å². The Morgan fingerprint density at radius 1 is 1.47 bits per heavy atom. The highest BCUT2D eigenvalue weighted by molar-refractivity contribution is 7.99. The number of imidazole rings is 1. The number of hydrogen-bond donors (Lipinski definition) is 1. The predicted molar refractivity (Wildman–Crippen MR) is 61.6 cm³/mol. The van der Waals surface area contributed by atoms with E-state index in [2.05, 4.69) is 15.2 Å². The van der Waals surface area contributed by atoms with E-state index in [-0.39, 0.29) is 5.75 Å². The Labute approximate surface area is 101 Å². The number of carboxylic acids is 1. The van der Waals surface area contributed by atoms with Crippen molar-refractivity contribution in [1.29, 1.82) is 0 Å². The average Bonchev–Trinajstić information content (AvgIpc) is 2.82. The molecule has 90 valence electrons. The molecular weight excluding hydrogens is 242 g/mol. The first-order chi connectivity index (χ1) is 8.08. The maximum atomic E-state index is 10.5. The molecule has 2 heterocycles. The van der Waals surface area contributed by atoms with Crippen LogP contribution < -0.4 is 0 Å². The van der Waals surface area contributed by atoms with E-state index in [1.807, 2.05) is 17.8 Å². The largest absolute Gasteiger partial charge is 0.481 e. The standard InChI is InChI=1S/C9H11N5O2S/c1-13-3-6(10-5-13)8-11-12-9(14(8)2)17-4-7(15)16/h3,5H,4H2,1-2H3,(H,15,16). The van der Waals surface area contributed by atoms with E-state index in [9.17, 15) is 4.79 Å². The molecule has 1 N–H and O–H groups in total. The maximum absolute atomic E-state index is 10.5. The average molecular weight is 253 g/mol. The highest BCUT2D eigenvalue weighted by atomic mass is 32.2. The number of aromatic nitrogens is 5. The van der Waals surface area contributed by atoms with Gasteiger partial charge in [0, 0.05) is 20.3 Å². The summed E-state index contributed by atoms with van der Waals surface area (Å²) in [5.74, 6) is -0.287. The Balaban J connectivity index is 2.23. The molecule has 0 aromatic carbocycles. The van der Waals surface area contributed by atoms with Gasteiger partial charge in [-0.1, -0.05) is 11.8 Å². The van der Waals surface area contributed by atoms with Gasteiger partial charge in [-0.2, -0.15) is 0 Å². The molecular formula is C9H11N5O2S. The quantitative estimate of drug-likeness (QED) is 0.793. The van der Waals surface area contributed by atoms with Crippen molar-refractivity contribution in [2.75, 3.05) is 5.75 Å². The Hall–Kier alpha value is -1.83. The second kappa shape index (κ2) is 4.58. The van der Waals surface area contributed by atoms with Crippen LogP contribution in [-0.4, -0.2) is 41.1 Å². The minimum absolute atomic E-state index is 0.0335. The van der Waals surface area contributed by atoms with Gasteiger partial charge in [-0.05, 0) is 0 Å². The van der Waals surface area contributed by atoms with Crippen molar-refractivity contribution in [3.8, 4) is 11.5 Å². The molecule has 2 aromatic heterocycles. The fourth-order valence-electron chi connectivity index (χ4n) is 1.32. The highest BCUT2D eigenvalue weighted by Gasteiger charge is 2.13. The zero-order valence-corrected chi connectivity index (χ0v) is 10.2. The fourth-order valence-corrected chi connectivity index (χ4v) is 1.95. The third kappa shape index (κ3) is 2.47. The van der Waals surface area contributed by atoms with E-state index in [4.69, 9.17) is 5.11 Å². The maximum Gasteiger partial charge on any atom is 0.313 e. The zero-order chi connectivity index (χ0) is 12.4. The van der Waals surface area contributed by atoms with Crippen LogP contribution in [0.4, 0.5) is 0 Å². The van der Waals surface area contributed by atoms with Gasteiger partial charge in [0.15, 0.2) is 11.0 Å². The molecule has 0 unspecified atom stereocenters. The number of rotatable bonds is 4. The smallest absolute Gasteiger partial charge is 0.313 e. The Kier molecular flexibility index (Phi) is 3.14. The summed E-state index contributed by atoms with van der Waals surface area (Å²) in [4.78, 5) is 14.6. The van der Waals surface area contributed by atoms with E-state index < -0.39 is 5.97 Å². The molecule has 8 heteroatoms. The van der Waals surface area contributed by atoms with Gasteiger partial charge in [-0.25, -0.2) is 4.98 Å². The van der Waals surface area contributed by atoms with Crippen LogP contribution in [0, 0.1) is 0 Å². The highest BCUT2D eigenvalue weighted by Crippen LogP contribution is 2.20. The van der Waals surface area contributed by atoms with E-state index in [1.165, 1.54) is 0 Å². The van der Waals surface area contributed by atoms with Gasteiger partial charge in [0.25, 0.3) is 0 Å². The van der Waals surface area contributed by atoms with Crippen molar-refractivity contribution in [2.45, 2.75) is 5.16 Å². The lowest BCUT2D eigenvalue weighted by Crippen LogP contribution is -2.01. The van der Waals surface area contributed by atoms with E-state index in [0.29, 0.717) is 16.7 Å². The van der Waals surface area contributed by atoms with E-state index >= 15 is 0 Å². The summed E-state index contributed by atoms with van der Waals surface area (Å²) in [6, 6.07) is 0. The summed E-state index contributed by atoms with van der Waals surface area (Å²) in [7, 11) is 3.65. The molecule has 0 bridgehead atoms. The first kappa shape index (κ1) is 11.6. The molecule has 0 aliphatic heterocycles. The van der Waals surface area contributed by atoms with Crippen molar-refractivity contribution in [1.82, 2.24) is 24.3 Å². The number of aryl methyl sites for hydroxylation is 1. The van der Waals surface area contributed by atoms with E-state index in [0.717, 1.165) is 11.8 Å². The van der Waals surface area contributed by atoms with Crippen LogP contribution in [0.3, 0.4) is 0 Å². The first-order valence-corrected chi connectivity index (χ1v) is 5.79. The topological polar surface area (TPSA) is 85.8 Å². The Morgan fingerprint density at radius 3 is 2.82 bits per heavy atom. The van der Waals surface area contributed by atoms with Crippen LogP contribution >= 0.6 is 11.8 Å². The Bertz CT molecular complexity index is 547.